The number of allylic oxidation sites excluding steroid dienone is 1. The zero-order chi connectivity index (χ0) is 34.4. The number of imidazole rings is 1. The molecular weight excluding hydrogens is 635 g/mol. The minimum atomic E-state index is 0.246. The maximum atomic E-state index is 5.12. The molecule has 52 heavy (non-hydrogen) atoms. The highest BCUT2D eigenvalue weighted by atomic mass is 15.0. The molecule has 5 nitrogen and oxygen atoms in total. The largest absolute Gasteiger partial charge is 0.309 e. The number of rotatable bonds is 6. The van der Waals surface area contributed by atoms with Crippen molar-refractivity contribution in [2.75, 3.05) is 0 Å². The number of hydrogen-bond acceptors (Lipinski definition) is 3. The molecule has 4 aromatic heterocycles. The monoisotopic (exact) mass is 667 g/mol. The average molecular weight is 668 g/mol. The molecule has 5 heterocycles. The van der Waals surface area contributed by atoms with Crippen molar-refractivity contribution in [1.29, 1.82) is 0 Å². The van der Waals surface area contributed by atoms with Crippen molar-refractivity contribution in [2.24, 2.45) is 4.99 Å². The minimum absolute atomic E-state index is 0.246. The van der Waals surface area contributed by atoms with Gasteiger partial charge in [0.05, 0.1) is 22.6 Å². The number of nitrogens with zero attached hydrogens (tertiary/aromatic N) is 5. The van der Waals surface area contributed by atoms with Crippen molar-refractivity contribution in [3.05, 3.63) is 182 Å². The highest BCUT2D eigenvalue weighted by molar-refractivity contribution is 6.11. The van der Waals surface area contributed by atoms with E-state index in [9.17, 15) is 0 Å². The van der Waals surface area contributed by atoms with E-state index >= 15 is 0 Å². The standard InChI is InChI=1S/C47H33N5/c1-3-10-34(11-4-1)46-40-29-38-28-37(42-15-9-14-41(49-42)33-23-25-48-26-24-33)18-17-36(38)30-44(40)52(47(46)35-12-5-2-6-13-35)39-21-19-32(20-22-39)43-31-51-27-8-7-16-45(51)50-43/h1-23,25-31,33H,24H2. The molecule has 0 bridgehead atoms. The van der Waals surface area contributed by atoms with E-state index in [4.69, 9.17) is 9.97 Å². The summed E-state index contributed by atoms with van der Waals surface area (Å²) in [5, 5.41) is 3.56. The third-order valence-electron chi connectivity index (χ3n) is 10.1. The molecule has 10 rings (SSSR count). The van der Waals surface area contributed by atoms with Crippen molar-refractivity contribution < 1.29 is 0 Å². The van der Waals surface area contributed by atoms with Gasteiger partial charge < -0.3 is 8.97 Å². The van der Waals surface area contributed by atoms with Gasteiger partial charge in [-0.15, -0.1) is 0 Å². The Kier molecular flexibility index (Phi) is 7.21. The first-order chi connectivity index (χ1) is 25.8. The number of fused-ring (bicyclic) bond motifs is 3. The zero-order valence-corrected chi connectivity index (χ0v) is 28.3. The van der Waals surface area contributed by atoms with Crippen molar-refractivity contribution in [3.8, 4) is 50.6 Å². The second-order valence-corrected chi connectivity index (χ2v) is 13.3. The summed E-state index contributed by atoms with van der Waals surface area (Å²) in [4.78, 5) is 14.2. The fourth-order valence-corrected chi connectivity index (χ4v) is 7.59. The SMILES string of the molecule is C1=CC(c2cccc(-c3ccc4cc5c(cc4c3)c(-c3ccccc3)c(-c3ccccc3)n5-c3ccc(-c4cn5ccccc5n4)cc3)n2)CC=N1. The van der Waals surface area contributed by atoms with Crippen molar-refractivity contribution in [1.82, 2.24) is 18.9 Å². The molecule has 1 aliphatic heterocycles. The molecule has 5 heteroatoms. The Balaban J connectivity index is 1.17. The molecule has 1 aliphatic rings. The van der Waals surface area contributed by atoms with Gasteiger partial charge in [-0.2, -0.15) is 0 Å². The topological polar surface area (TPSA) is 47.5 Å². The quantitative estimate of drug-likeness (QED) is 0.177. The zero-order valence-electron chi connectivity index (χ0n) is 28.3. The van der Waals surface area contributed by atoms with E-state index in [-0.39, 0.29) is 5.92 Å². The molecule has 0 saturated carbocycles. The molecule has 0 amide bonds. The van der Waals surface area contributed by atoms with Crippen LogP contribution in [0.3, 0.4) is 0 Å². The van der Waals surface area contributed by atoms with Gasteiger partial charge in [-0.3, -0.25) is 9.98 Å². The van der Waals surface area contributed by atoms with Gasteiger partial charge in [-0.25, -0.2) is 4.98 Å². The lowest BCUT2D eigenvalue weighted by atomic mass is 9.96. The van der Waals surface area contributed by atoms with E-state index in [1.165, 1.54) is 27.3 Å². The molecule has 246 valence electrons. The van der Waals surface area contributed by atoms with Gasteiger partial charge in [0.15, 0.2) is 0 Å². The van der Waals surface area contributed by atoms with E-state index in [1.807, 2.05) is 36.8 Å². The summed E-state index contributed by atoms with van der Waals surface area (Å²) in [5.41, 5.74) is 13.1. The normalized spacial score (nSPS) is 14.1. The maximum absolute atomic E-state index is 5.12. The molecule has 0 spiro atoms. The lowest BCUT2D eigenvalue weighted by Crippen LogP contribution is -2.02. The Morgan fingerprint density at radius 1 is 0.577 bits per heavy atom. The van der Waals surface area contributed by atoms with E-state index in [0.29, 0.717) is 0 Å². The second-order valence-electron chi connectivity index (χ2n) is 13.3. The summed E-state index contributed by atoms with van der Waals surface area (Å²) < 4.78 is 4.49. The van der Waals surface area contributed by atoms with Crippen LogP contribution in [0.2, 0.25) is 0 Å². The van der Waals surface area contributed by atoms with E-state index in [0.717, 1.165) is 62.7 Å². The van der Waals surface area contributed by atoms with Crippen molar-refractivity contribution >= 4 is 33.5 Å². The molecule has 0 radical (unpaired) electrons. The van der Waals surface area contributed by atoms with Crippen LogP contribution in [0.4, 0.5) is 0 Å². The smallest absolute Gasteiger partial charge is 0.137 e. The Morgan fingerprint density at radius 2 is 1.37 bits per heavy atom. The van der Waals surface area contributed by atoms with Crippen LogP contribution in [0.5, 0.6) is 0 Å². The minimum Gasteiger partial charge on any atom is -0.309 e. The van der Waals surface area contributed by atoms with Gasteiger partial charge in [0.25, 0.3) is 0 Å². The summed E-state index contributed by atoms with van der Waals surface area (Å²) in [6.07, 6.45) is 11.0. The molecule has 0 N–H and O–H groups in total. The lowest BCUT2D eigenvalue weighted by molar-refractivity contribution is 0.845. The van der Waals surface area contributed by atoms with Crippen LogP contribution < -0.4 is 0 Å². The van der Waals surface area contributed by atoms with Crippen LogP contribution in [0, 0.1) is 0 Å². The number of hydrogen-bond donors (Lipinski definition) is 0. The van der Waals surface area contributed by atoms with E-state index in [1.54, 1.807) is 0 Å². The molecular formula is C47H33N5. The summed E-state index contributed by atoms with van der Waals surface area (Å²) in [7, 11) is 0. The molecule has 0 aliphatic carbocycles. The summed E-state index contributed by atoms with van der Waals surface area (Å²) in [6.45, 7) is 0. The van der Waals surface area contributed by atoms with Crippen LogP contribution in [0.1, 0.15) is 18.0 Å². The maximum Gasteiger partial charge on any atom is 0.137 e. The van der Waals surface area contributed by atoms with Gasteiger partial charge in [-0.1, -0.05) is 103 Å². The average Bonchev–Trinajstić information content (AvgIpc) is 3.80. The second kappa shape index (κ2) is 12.5. The predicted molar refractivity (Wildman–Crippen MR) is 214 cm³/mol. The Morgan fingerprint density at radius 3 is 2.15 bits per heavy atom. The first-order valence-electron chi connectivity index (χ1n) is 17.7. The van der Waals surface area contributed by atoms with Crippen LogP contribution in [-0.2, 0) is 0 Å². The van der Waals surface area contributed by atoms with Crippen molar-refractivity contribution in [3.63, 3.8) is 0 Å². The third-order valence-corrected chi connectivity index (χ3v) is 10.1. The Labute approximate surface area is 301 Å². The number of aliphatic imine (C=N–C) groups is 1. The predicted octanol–water partition coefficient (Wildman–Crippen LogP) is 11.6. The third kappa shape index (κ3) is 5.22. The first-order valence-corrected chi connectivity index (χ1v) is 17.7. The highest BCUT2D eigenvalue weighted by Crippen LogP contribution is 2.44. The number of benzene rings is 5. The van der Waals surface area contributed by atoms with E-state index in [2.05, 4.69) is 160 Å². The van der Waals surface area contributed by atoms with Gasteiger partial charge in [0.2, 0.25) is 0 Å². The lowest BCUT2D eigenvalue weighted by Gasteiger charge is -2.14. The Hall–Kier alpha value is -6.85. The fraction of sp³-hybridized carbons (Fsp3) is 0.0426. The van der Waals surface area contributed by atoms with Crippen LogP contribution >= 0.6 is 0 Å². The van der Waals surface area contributed by atoms with Gasteiger partial charge in [0, 0.05) is 64.2 Å². The Bertz CT molecular complexity index is 2770. The number of aromatic nitrogens is 4. The molecule has 1 atom stereocenters. The molecule has 0 fully saturated rings. The van der Waals surface area contributed by atoms with Crippen LogP contribution in [0.15, 0.2) is 181 Å². The molecule has 9 aromatic rings. The molecule has 5 aromatic carbocycles. The molecule has 0 saturated heterocycles. The van der Waals surface area contributed by atoms with Crippen molar-refractivity contribution in [2.45, 2.75) is 12.3 Å². The van der Waals surface area contributed by atoms with Crippen LogP contribution in [-0.4, -0.2) is 25.2 Å². The first kappa shape index (κ1) is 30.0. The van der Waals surface area contributed by atoms with Gasteiger partial charge in [0.1, 0.15) is 5.65 Å². The summed E-state index contributed by atoms with van der Waals surface area (Å²) >= 11 is 0. The summed E-state index contributed by atoms with van der Waals surface area (Å²) in [6, 6.07) is 54.2. The van der Waals surface area contributed by atoms with E-state index < -0.39 is 0 Å². The van der Waals surface area contributed by atoms with Gasteiger partial charge in [-0.05, 0) is 82.9 Å². The number of pyridine rings is 2. The van der Waals surface area contributed by atoms with Crippen LogP contribution in [0.25, 0.3) is 77.9 Å². The fourth-order valence-electron chi connectivity index (χ4n) is 7.59. The van der Waals surface area contributed by atoms with Gasteiger partial charge >= 0.3 is 0 Å². The summed E-state index contributed by atoms with van der Waals surface area (Å²) in [5.74, 6) is 0.246. The highest BCUT2D eigenvalue weighted by Gasteiger charge is 2.22. The molecule has 1 unspecified atom stereocenters.